The molecule has 1 heterocycles. The van der Waals surface area contributed by atoms with Gasteiger partial charge in [-0.25, -0.2) is 0 Å². The molecule has 0 aromatic heterocycles. The highest BCUT2D eigenvalue weighted by molar-refractivity contribution is 5.85. The van der Waals surface area contributed by atoms with E-state index in [9.17, 15) is 4.79 Å². The molecule has 0 unspecified atom stereocenters. The molecule has 1 aromatic carbocycles. The van der Waals surface area contributed by atoms with Crippen LogP contribution in [-0.4, -0.2) is 27.4 Å². The van der Waals surface area contributed by atoms with E-state index in [2.05, 4.69) is 4.74 Å². The van der Waals surface area contributed by atoms with Gasteiger partial charge in [-0.05, 0) is 30.5 Å². The van der Waals surface area contributed by atoms with Crippen molar-refractivity contribution < 1.29 is 29.6 Å². The van der Waals surface area contributed by atoms with Crippen molar-refractivity contribution in [2.75, 3.05) is 0 Å². The molecule has 3 rings (SSSR count). The fourth-order valence-corrected chi connectivity index (χ4v) is 2.03. The lowest BCUT2D eigenvalue weighted by atomic mass is 9.96. The third-order valence-electron chi connectivity index (χ3n) is 3.14. The number of hydrogen-bond acceptors (Lipinski definition) is 5. The van der Waals surface area contributed by atoms with Crippen LogP contribution in [0.25, 0.3) is 0 Å². The van der Waals surface area contributed by atoms with Gasteiger partial charge in [-0.3, -0.25) is 15.0 Å². The van der Waals surface area contributed by atoms with E-state index < -0.39 is 17.5 Å². The van der Waals surface area contributed by atoms with Crippen LogP contribution in [0.1, 0.15) is 18.4 Å². The predicted molar refractivity (Wildman–Crippen MR) is 53.4 cm³/mol. The van der Waals surface area contributed by atoms with E-state index in [0.29, 0.717) is 18.4 Å². The summed E-state index contributed by atoms with van der Waals surface area (Å²) < 4.78 is 9.42. The van der Waals surface area contributed by atoms with Crippen LogP contribution in [0, 0.1) is 0 Å². The maximum absolute atomic E-state index is 11.1. The van der Waals surface area contributed by atoms with Crippen LogP contribution in [0.3, 0.4) is 0 Å². The van der Waals surface area contributed by atoms with Crippen molar-refractivity contribution in [1.29, 1.82) is 0 Å². The lowest BCUT2D eigenvalue weighted by Crippen LogP contribution is -2.37. The quantitative estimate of drug-likeness (QED) is 0.635. The second-order valence-corrected chi connectivity index (χ2v) is 4.30. The second kappa shape index (κ2) is 2.91. The number of benzene rings is 1. The molecule has 17 heavy (non-hydrogen) atoms. The van der Waals surface area contributed by atoms with Gasteiger partial charge in [0.1, 0.15) is 0 Å². The number of fused-ring (bicyclic) bond motifs is 1. The first-order valence-electron chi connectivity index (χ1n) is 5.14. The zero-order valence-electron chi connectivity index (χ0n) is 8.71. The van der Waals surface area contributed by atoms with Gasteiger partial charge in [-0.15, -0.1) is 0 Å². The van der Waals surface area contributed by atoms with Crippen molar-refractivity contribution in [2.45, 2.75) is 24.4 Å². The topological polar surface area (TPSA) is 96.2 Å². The van der Waals surface area contributed by atoms with Gasteiger partial charge in [-0.2, -0.15) is 0 Å². The van der Waals surface area contributed by atoms with Crippen molar-refractivity contribution in [3.05, 3.63) is 23.8 Å². The Labute approximate surface area is 96.0 Å². The normalized spacial score (nSPS) is 22.2. The van der Waals surface area contributed by atoms with E-state index in [4.69, 9.17) is 20.1 Å². The molecular formula is C11H10O6. The SMILES string of the molecule is O=C(O)C1(c2ccc3c(c2)OC(O)(O)O3)CC1. The number of carbonyl (C=O) groups is 1. The van der Waals surface area contributed by atoms with Crippen LogP contribution in [0.5, 0.6) is 11.5 Å². The number of ether oxygens (including phenoxy) is 2. The Balaban J connectivity index is 1.99. The molecule has 90 valence electrons. The Morgan fingerprint density at radius 3 is 2.41 bits per heavy atom. The predicted octanol–water partition coefficient (Wildman–Crippen LogP) is 0.170. The zero-order valence-corrected chi connectivity index (χ0v) is 8.71. The minimum Gasteiger partial charge on any atom is -0.481 e. The lowest BCUT2D eigenvalue weighted by molar-refractivity contribution is -0.385. The van der Waals surface area contributed by atoms with Gasteiger partial charge in [0, 0.05) is 0 Å². The Morgan fingerprint density at radius 1 is 1.18 bits per heavy atom. The molecule has 0 bridgehead atoms. The van der Waals surface area contributed by atoms with Gasteiger partial charge in [0.2, 0.25) is 0 Å². The molecule has 0 radical (unpaired) electrons. The van der Waals surface area contributed by atoms with E-state index in [-0.39, 0.29) is 11.5 Å². The van der Waals surface area contributed by atoms with E-state index >= 15 is 0 Å². The summed E-state index contributed by atoms with van der Waals surface area (Å²) in [6.07, 6.45) is -1.52. The maximum Gasteiger partial charge on any atom is 0.505 e. The Kier molecular flexibility index (Phi) is 1.77. The average molecular weight is 238 g/mol. The Bertz CT molecular complexity index is 503. The summed E-state index contributed by atoms with van der Waals surface area (Å²) in [6.45, 7) is 0. The summed E-state index contributed by atoms with van der Waals surface area (Å²) in [7, 11) is 0. The van der Waals surface area contributed by atoms with E-state index in [1.54, 1.807) is 6.07 Å². The van der Waals surface area contributed by atoms with Gasteiger partial charge in [-0.1, -0.05) is 6.07 Å². The summed E-state index contributed by atoms with van der Waals surface area (Å²) in [5, 5.41) is 27.4. The summed E-state index contributed by atoms with van der Waals surface area (Å²) in [5.41, 5.74) is -0.265. The van der Waals surface area contributed by atoms with Crippen molar-refractivity contribution in [3.63, 3.8) is 0 Å². The number of carboxylic acid groups (broad SMARTS) is 1. The fraction of sp³-hybridized carbons (Fsp3) is 0.364. The molecule has 0 atom stereocenters. The van der Waals surface area contributed by atoms with Gasteiger partial charge < -0.3 is 14.6 Å². The zero-order chi connectivity index (χ0) is 12.3. The van der Waals surface area contributed by atoms with Crippen LogP contribution in [0.2, 0.25) is 0 Å². The molecule has 1 saturated carbocycles. The first-order chi connectivity index (χ1) is 7.93. The molecule has 6 nitrogen and oxygen atoms in total. The van der Waals surface area contributed by atoms with Crippen LogP contribution in [0.15, 0.2) is 18.2 Å². The van der Waals surface area contributed by atoms with Gasteiger partial charge >= 0.3 is 12.1 Å². The highest BCUT2D eigenvalue weighted by Gasteiger charge is 2.52. The minimum atomic E-state index is -2.67. The smallest absolute Gasteiger partial charge is 0.481 e. The highest BCUT2D eigenvalue weighted by Crippen LogP contribution is 2.51. The number of aliphatic carboxylic acids is 1. The number of aliphatic hydroxyl groups is 2. The minimum absolute atomic E-state index is 0.139. The summed E-state index contributed by atoms with van der Waals surface area (Å²) in [4.78, 5) is 11.1. The molecule has 0 amide bonds. The van der Waals surface area contributed by atoms with Gasteiger partial charge in [0.05, 0.1) is 5.41 Å². The lowest BCUT2D eigenvalue weighted by Gasteiger charge is -2.11. The van der Waals surface area contributed by atoms with Crippen molar-refractivity contribution in [1.82, 2.24) is 0 Å². The van der Waals surface area contributed by atoms with Crippen LogP contribution < -0.4 is 9.47 Å². The van der Waals surface area contributed by atoms with Crippen LogP contribution in [0.4, 0.5) is 0 Å². The molecule has 1 aliphatic carbocycles. The molecule has 0 spiro atoms. The average Bonchev–Trinajstić information content (AvgIpc) is 2.95. The van der Waals surface area contributed by atoms with E-state index in [1.807, 2.05) is 0 Å². The first kappa shape index (κ1) is 10.4. The molecule has 1 fully saturated rings. The number of carboxylic acids is 1. The fourth-order valence-electron chi connectivity index (χ4n) is 2.03. The molecular weight excluding hydrogens is 228 g/mol. The first-order valence-corrected chi connectivity index (χ1v) is 5.14. The van der Waals surface area contributed by atoms with Gasteiger partial charge in [0.25, 0.3) is 0 Å². The molecule has 1 aliphatic heterocycles. The largest absolute Gasteiger partial charge is 0.505 e. The maximum atomic E-state index is 11.1. The molecule has 2 aliphatic rings. The van der Waals surface area contributed by atoms with Crippen LogP contribution in [-0.2, 0) is 10.2 Å². The molecule has 6 heteroatoms. The van der Waals surface area contributed by atoms with E-state index in [0.717, 1.165) is 0 Å². The van der Waals surface area contributed by atoms with Crippen molar-refractivity contribution >= 4 is 5.97 Å². The second-order valence-electron chi connectivity index (χ2n) is 4.30. The highest BCUT2D eigenvalue weighted by atomic mass is 17.0. The standard InChI is InChI=1S/C11H10O6/c12-9(13)10(3-4-10)6-1-2-7-8(5-6)17-11(14,15)16-7/h1-2,5,14-15H,3-4H2,(H,12,13). The molecule has 0 saturated heterocycles. The summed E-state index contributed by atoms with van der Waals surface area (Å²) in [6, 6.07) is 4.55. The number of hydrogen-bond donors (Lipinski definition) is 3. The summed E-state index contributed by atoms with van der Waals surface area (Å²) >= 11 is 0. The van der Waals surface area contributed by atoms with Crippen molar-refractivity contribution in [2.24, 2.45) is 0 Å². The van der Waals surface area contributed by atoms with E-state index in [1.165, 1.54) is 12.1 Å². The van der Waals surface area contributed by atoms with Crippen LogP contribution >= 0.6 is 0 Å². The van der Waals surface area contributed by atoms with Crippen molar-refractivity contribution in [3.8, 4) is 11.5 Å². The Morgan fingerprint density at radius 2 is 1.82 bits per heavy atom. The monoisotopic (exact) mass is 238 g/mol. The third-order valence-corrected chi connectivity index (χ3v) is 3.14. The Hall–Kier alpha value is -1.79. The molecule has 3 N–H and O–H groups in total. The molecule has 1 aromatic rings. The van der Waals surface area contributed by atoms with Gasteiger partial charge in [0.15, 0.2) is 11.5 Å². The number of rotatable bonds is 2. The summed E-state index contributed by atoms with van der Waals surface area (Å²) in [5.74, 6) is -0.560. The third kappa shape index (κ3) is 1.45.